The molecule has 0 aliphatic rings. The smallest absolute Gasteiger partial charge is 0.237 e. The maximum absolute atomic E-state index is 11.0. The number of nitrogens with zero attached hydrogens (tertiary/aromatic N) is 3. The van der Waals surface area contributed by atoms with Gasteiger partial charge in [-0.25, -0.2) is 4.98 Å². The molecule has 6 heteroatoms. The van der Waals surface area contributed by atoms with E-state index in [9.17, 15) is 4.79 Å². The lowest BCUT2D eigenvalue weighted by atomic mass is 10.3. The molecule has 3 N–H and O–H groups in total. The molecule has 0 spiro atoms. The first-order valence-electron chi connectivity index (χ1n) is 5.52. The summed E-state index contributed by atoms with van der Waals surface area (Å²) in [5, 5.41) is 2.89. The molecule has 0 unspecified atom stereocenters. The molecule has 1 rings (SSSR count). The Morgan fingerprint density at radius 1 is 1.53 bits per heavy atom. The number of carbonyl (C=O) groups excluding carboxylic acids is 1. The number of aryl methyl sites for hydroxylation is 1. The van der Waals surface area contributed by atoms with Gasteiger partial charge in [-0.15, -0.1) is 0 Å². The van der Waals surface area contributed by atoms with Gasteiger partial charge in [0.1, 0.15) is 5.82 Å². The summed E-state index contributed by atoms with van der Waals surface area (Å²) in [7, 11) is 1.76. The summed E-state index contributed by atoms with van der Waals surface area (Å²) in [6.45, 7) is 6.00. The van der Waals surface area contributed by atoms with Crippen molar-refractivity contribution in [3.8, 4) is 0 Å². The number of nitrogens with one attached hydrogen (secondary N) is 1. The molecule has 1 amide bonds. The molecule has 94 valence electrons. The van der Waals surface area contributed by atoms with Crippen LogP contribution in [0.25, 0.3) is 0 Å². The monoisotopic (exact) mass is 237 g/mol. The van der Waals surface area contributed by atoms with Crippen LogP contribution in [0.2, 0.25) is 0 Å². The van der Waals surface area contributed by atoms with Crippen LogP contribution in [-0.4, -0.2) is 35.5 Å². The Morgan fingerprint density at radius 2 is 2.18 bits per heavy atom. The number of aromatic nitrogens is 2. The van der Waals surface area contributed by atoms with Crippen LogP contribution in [0.1, 0.15) is 19.5 Å². The third kappa shape index (κ3) is 3.58. The third-order valence-electron chi connectivity index (χ3n) is 2.31. The Labute approximate surface area is 101 Å². The van der Waals surface area contributed by atoms with E-state index < -0.39 is 0 Å². The number of carbonyl (C=O) groups is 1. The largest absolute Gasteiger partial charge is 0.368 e. The number of hydrogen-bond acceptors (Lipinski definition) is 5. The first kappa shape index (κ1) is 13.2. The summed E-state index contributed by atoms with van der Waals surface area (Å²) in [6.07, 6.45) is 0. The van der Waals surface area contributed by atoms with E-state index in [1.54, 1.807) is 7.05 Å². The van der Waals surface area contributed by atoms with Crippen molar-refractivity contribution < 1.29 is 4.79 Å². The molecule has 6 nitrogen and oxygen atoms in total. The van der Waals surface area contributed by atoms with Crippen molar-refractivity contribution in [3.05, 3.63) is 11.8 Å². The van der Waals surface area contributed by atoms with Crippen molar-refractivity contribution in [2.45, 2.75) is 26.8 Å². The summed E-state index contributed by atoms with van der Waals surface area (Å²) in [5.41, 5.74) is 6.08. The highest BCUT2D eigenvalue weighted by atomic mass is 16.1. The molecular formula is C11H19N5O. The molecule has 0 saturated heterocycles. The molecule has 1 heterocycles. The zero-order valence-electron chi connectivity index (χ0n) is 10.7. The van der Waals surface area contributed by atoms with Gasteiger partial charge in [-0.2, -0.15) is 4.98 Å². The van der Waals surface area contributed by atoms with Gasteiger partial charge in [-0.05, 0) is 20.8 Å². The van der Waals surface area contributed by atoms with Gasteiger partial charge < -0.3 is 16.0 Å². The fraction of sp³-hybridized carbons (Fsp3) is 0.545. The number of rotatable bonds is 5. The van der Waals surface area contributed by atoms with Crippen molar-refractivity contribution in [2.75, 3.05) is 23.8 Å². The predicted molar refractivity (Wildman–Crippen MR) is 68.0 cm³/mol. The summed E-state index contributed by atoms with van der Waals surface area (Å²) in [5.74, 6) is 0.867. The number of primary amides is 1. The molecule has 0 aromatic carbocycles. The lowest BCUT2D eigenvalue weighted by Crippen LogP contribution is -2.39. The van der Waals surface area contributed by atoms with E-state index in [2.05, 4.69) is 15.3 Å². The van der Waals surface area contributed by atoms with E-state index in [4.69, 9.17) is 5.73 Å². The quantitative estimate of drug-likeness (QED) is 0.780. The molecule has 17 heavy (non-hydrogen) atoms. The standard InChI is InChI=1S/C11H19N5O/c1-7(2)16(6-9(12)17)10-5-8(3)14-11(13-4)15-10/h5,7H,6H2,1-4H3,(H2,12,17)(H,13,14,15). The Bertz CT molecular complexity index is 405. The number of anilines is 2. The molecule has 0 bridgehead atoms. The minimum Gasteiger partial charge on any atom is -0.368 e. The molecule has 0 aliphatic carbocycles. The second-order valence-electron chi connectivity index (χ2n) is 4.13. The SMILES string of the molecule is CNc1nc(C)cc(N(CC(N)=O)C(C)C)n1. The Balaban J connectivity index is 3.08. The molecule has 0 saturated carbocycles. The van der Waals surface area contributed by atoms with Crippen LogP contribution in [-0.2, 0) is 4.79 Å². The first-order valence-corrected chi connectivity index (χ1v) is 5.52. The van der Waals surface area contributed by atoms with Gasteiger partial charge >= 0.3 is 0 Å². The Morgan fingerprint density at radius 3 is 2.65 bits per heavy atom. The highest BCUT2D eigenvalue weighted by molar-refractivity contribution is 5.79. The molecular weight excluding hydrogens is 218 g/mol. The van der Waals surface area contributed by atoms with Crippen molar-refractivity contribution in [1.82, 2.24) is 9.97 Å². The molecule has 0 aliphatic heterocycles. The summed E-state index contributed by atoms with van der Waals surface area (Å²) < 4.78 is 0. The lowest BCUT2D eigenvalue weighted by Gasteiger charge is -2.26. The predicted octanol–water partition coefficient (Wildman–Crippen LogP) is 0.527. The van der Waals surface area contributed by atoms with E-state index >= 15 is 0 Å². The zero-order valence-corrected chi connectivity index (χ0v) is 10.7. The van der Waals surface area contributed by atoms with Gasteiger partial charge in [-0.1, -0.05) is 0 Å². The van der Waals surface area contributed by atoms with Crippen molar-refractivity contribution in [1.29, 1.82) is 0 Å². The van der Waals surface area contributed by atoms with E-state index in [0.29, 0.717) is 11.8 Å². The molecule has 1 aromatic heterocycles. The first-order chi connectivity index (χ1) is 7.93. The van der Waals surface area contributed by atoms with Gasteiger partial charge in [0, 0.05) is 24.8 Å². The van der Waals surface area contributed by atoms with Crippen LogP contribution < -0.4 is 16.0 Å². The van der Waals surface area contributed by atoms with Crippen molar-refractivity contribution >= 4 is 17.7 Å². The van der Waals surface area contributed by atoms with Crippen LogP contribution in [0, 0.1) is 6.92 Å². The second-order valence-corrected chi connectivity index (χ2v) is 4.13. The average molecular weight is 237 g/mol. The lowest BCUT2D eigenvalue weighted by molar-refractivity contribution is -0.116. The topological polar surface area (TPSA) is 84.1 Å². The molecule has 0 fully saturated rings. The third-order valence-corrected chi connectivity index (χ3v) is 2.31. The Hall–Kier alpha value is -1.85. The van der Waals surface area contributed by atoms with Crippen LogP contribution in [0.4, 0.5) is 11.8 Å². The summed E-state index contributed by atoms with van der Waals surface area (Å²) in [4.78, 5) is 21.4. The molecule has 0 radical (unpaired) electrons. The minimum absolute atomic E-state index is 0.140. The van der Waals surface area contributed by atoms with Gasteiger partial charge in [-0.3, -0.25) is 4.79 Å². The maximum Gasteiger partial charge on any atom is 0.237 e. The summed E-state index contributed by atoms with van der Waals surface area (Å²) in [6, 6.07) is 1.98. The minimum atomic E-state index is -0.374. The van der Waals surface area contributed by atoms with Gasteiger partial charge in [0.25, 0.3) is 0 Å². The van der Waals surface area contributed by atoms with Crippen LogP contribution in [0.5, 0.6) is 0 Å². The van der Waals surface area contributed by atoms with Crippen molar-refractivity contribution in [3.63, 3.8) is 0 Å². The van der Waals surface area contributed by atoms with E-state index in [1.807, 2.05) is 31.7 Å². The van der Waals surface area contributed by atoms with Gasteiger partial charge in [0.05, 0.1) is 6.54 Å². The number of hydrogen-bond donors (Lipinski definition) is 2. The fourth-order valence-corrected chi connectivity index (χ4v) is 1.51. The van der Waals surface area contributed by atoms with Gasteiger partial charge in [0.2, 0.25) is 11.9 Å². The van der Waals surface area contributed by atoms with Crippen molar-refractivity contribution in [2.24, 2.45) is 5.73 Å². The van der Waals surface area contributed by atoms with Crippen LogP contribution in [0.15, 0.2) is 6.07 Å². The van der Waals surface area contributed by atoms with E-state index in [-0.39, 0.29) is 18.5 Å². The van der Waals surface area contributed by atoms with E-state index in [0.717, 1.165) is 5.69 Å². The molecule has 1 aromatic rings. The highest BCUT2D eigenvalue weighted by Crippen LogP contribution is 2.16. The fourth-order valence-electron chi connectivity index (χ4n) is 1.51. The maximum atomic E-state index is 11.0. The van der Waals surface area contributed by atoms with Gasteiger partial charge in [0.15, 0.2) is 0 Å². The van der Waals surface area contributed by atoms with E-state index in [1.165, 1.54) is 0 Å². The normalized spacial score (nSPS) is 10.4. The highest BCUT2D eigenvalue weighted by Gasteiger charge is 2.15. The number of nitrogens with two attached hydrogens (primary N) is 1. The summed E-state index contributed by atoms with van der Waals surface area (Å²) >= 11 is 0. The molecule has 0 atom stereocenters. The second kappa shape index (κ2) is 5.47. The zero-order chi connectivity index (χ0) is 13.0. The van der Waals surface area contributed by atoms with Crippen LogP contribution in [0.3, 0.4) is 0 Å². The number of amides is 1. The average Bonchev–Trinajstić information content (AvgIpc) is 2.24. The Kier molecular flexibility index (Phi) is 4.25. The van der Waals surface area contributed by atoms with Crippen LogP contribution >= 0.6 is 0 Å².